The van der Waals surface area contributed by atoms with E-state index in [2.05, 4.69) is 199 Å². The Hall–Kier alpha value is -6.22. The van der Waals surface area contributed by atoms with Gasteiger partial charge in [0.25, 0.3) is 0 Å². The van der Waals surface area contributed by atoms with E-state index in [0.717, 1.165) is 34.8 Å². The molecule has 11 rings (SSSR count). The quantitative estimate of drug-likeness (QED) is 0.150. The van der Waals surface area contributed by atoms with Gasteiger partial charge in [-0.1, -0.05) is 158 Å². The topological polar surface area (TPSA) is 3.24 Å². The molecule has 0 aliphatic heterocycles. The normalized spacial score (nSPS) is 17.4. The second-order valence-electron chi connectivity index (χ2n) is 16.1. The summed E-state index contributed by atoms with van der Waals surface area (Å²) in [5.41, 5.74) is 14.8. The zero-order chi connectivity index (χ0) is 37.7. The lowest BCUT2D eigenvalue weighted by molar-refractivity contribution is 0.420. The minimum absolute atomic E-state index is 0.759. The molecule has 8 aromatic carbocycles. The minimum atomic E-state index is 0.759. The summed E-state index contributed by atoms with van der Waals surface area (Å²) >= 11 is 1.87. The highest BCUT2D eigenvalue weighted by Gasteiger charge is 2.40. The van der Waals surface area contributed by atoms with E-state index in [1.807, 2.05) is 11.3 Å². The first kappa shape index (κ1) is 34.1. The molecule has 2 saturated carbocycles. The molecule has 3 unspecified atom stereocenters. The Labute approximate surface area is 339 Å². The molecule has 1 nitrogen and oxygen atoms in total. The third-order valence-electron chi connectivity index (χ3n) is 12.8. The van der Waals surface area contributed by atoms with Gasteiger partial charge in [0.1, 0.15) is 0 Å². The highest BCUT2D eigenvalue weighted by molar-refractivity contribution is 7.25. The van der Waals surface area contributed by atoms with E-state index in [1.54, 1.807) is 0 Å². The smallest absolute Gasteiger partial charge is 0.0476 e. The molecule has 2 bridgehead atoms. The highest BCUT2D eigenvalue weighted by atomic mass is 32.1. The lowest BCUT2D eigenvalue weighted by Crippen LogP contribution is -2.09. The fourth-order valence-electron chi connectivity index (χ4n) is 10.0. The van der Waals surface area contributed by atoms with Crippen molar-refractivity contribution in [1.29, 1.82) is 0 Å². The van der Waals surface area contributed by atoms with Crippen molar-refractivity contribution in [3.8, 4) is 44.5 Å². The molecular weight excluding hydrogens is 707 g/mol. The van der Waals surface area contributed by atoms with Gasteiger partial charge in [-0.2, -0.15) is 0 Å². The standard InChI is InChI=1S/C55H43NS/c1-3-10-40(11-4-1)48-15-9-16-49(41-12-5-2-6-13-41)55(48)43-26-30-46(31-27-43)56(47-32-33-51-50-14-7-8-17-53(50)57-54(51)36-47)45-28-24-39(25-29-45)38-20-22-42(23-21-38)52-35-37-18-19-44(52)34-37/h1-17,20-33,36-37,44,52H,18-19,34-35H2. The largest absolute Gasteiger partial charge is 0.310 e. The third kappa shape index (κ3) is 6.26. The summed E-state index contributed by atoms with van der Waals surface area (Å²) in [6.45, 7) is 0. The van der Waals surface area contributed by atoms with E-state index >= 15 is 0 Å². The van der Waals surface area contributed by atoms with Crippen LogP contribution in [0, 0.1) is 11.8 Å². The van der Waals surface area contributed by atoms with Gasteiger partial charge in [0.05, 0.1) is 0 Å². The second kappa shape index (κ2) is 14.4. The SMILES string of the molecule is c1ccc(-c2cccc(-c3ccccc3)c2-c2ccc(N(c3ccc(-c4ccc(C5CC6CCC5C6)cc4)cc3)c3ccc4c(c3)sc3ccccc34)cc2)cc1. The molecule has 0 radical (unpaired) electrons. The van der Waals surface area contributed by atoms with Gasteiger partial charge in [-0.15, -0.1) is 11.3 Å². The van der Waals surface area contributed by atoms with Crippen LogP contribution in [0.4, 0.5) is 17.1 Å². The van der Waals surface area contributed by atoms with Crippen LogP contribution in [-0.4, -0.2) is 0 Å². The van der Waals surface area contributed by atoms with Gasteiger partial charge in [0.15, 0.2) is 0 Å². The van der Waals surface area contributed by atoms with E-state index in [9.17, 15) is 0 Å². The first-order valence-corrected chi connectivity index (χ1v) is 21.3. The van der Waals surface area contributed by atoms with Crippen LogP contribution >= 0.6 is 11.3 Å². The second-order valence-corrected chi connectivity index (χ2v) is 17.2. The summed E-state index contributed by atoms with van der Waals surface area (Å²) in [6, 6.07) is 71.8. The van der Waals surface area contributed by atoms with Crippen LogP contribution in [0.2, 0.25) is 0 Å². The molecule has 2 aliphatic rings. The molecule has 2 heteroatoms. The molecule has 3 atom stereocenters. The van der Waals surface area contributed by atoms with E-state index < -0.39 is 0 Å². The van der Waals surface area contributed by atoms with E-state index in [-0.39, 0.29) is 0 Å². The molecule has 0 N–H and O–H groups in total. The fourth-order valence-corrected chi connectivity index (χ4v) is 11.2. The van der Waals surface area contributed by atoms with E-state index in [0.29, 0.717) is 0 Å². The van der Waals surface area contributed by atoms with Gasteiger partial charge in [0, 0.05) is 37.2 Å². The maximum Gasteiger partial charge on any atom is 0.0476 e. The Bertz CT molecular complexity index is 2780. The van der Waals surface area contributed by atoms with Gasteiger partial charge in [-0.25, -0.2) is 0 Å². The lowest BCUT2D eigenvalue weighted by Gasteiger charge is -2.26. The third-order valence-corrected chi connectivity index (χ3v) is 13.9. The van der Waals surface area contributed by atoms with Crippen molar-refractivity contribution in [2.45, 2.75) is 31.6 Å². The minimum Gasteiger partial charge on any atom is -0.310 e. The van der Waals surface area contributed by atoms with Crippen molar-refractivity contribution in [2.75, 3.05) is 4.90 Å². The number of rotatable bonds is 8. The maximum atomic E-state index is 2.41. The molecule has 2 aliphatic carbocycles. The number of anilines is 3. The number of nitrogens with zero attached hydrogens (tertiary/aromatic N) is 1. The van der Waals surface area contributed by atoms with E-state index in [4.69, 9.17) is 0 Å². The van der Waals surface area contributed by atoms with Crippen molar-refractivity contribution in [3.05, 3.63) is 200 Å². The van der Waals surface area contributed by atoms with Gasteiger partial charge < -0.3 is 4.90 Å². The maximum absolute atomic E-state index is 2.41. The van der Waals surface area contributed by atoms with Crippen LogP contribution in [0.5, 0.6) is 0 Å². The van der Waals surface area contributed by atoms with Gasteiger partial charge in [0.2, 0.25) is 0 Å². The number of hydrogen-bond acceptors (Lipinski definition) is 2. The predicted molar refractivity (Wildman–Crippen MR) is 244 cm³/mol. The average Bonchev–Trinajstić information content (AvgIpc) is 4.03. The van der Waals surface area contributed by atoms with Crippen LogP contribution in [0.1, 0.15) is 37.2 Å². The van der Waals surface area contributed by atoms with Crippen molar-refractivity contribution < 1.29 is 0 Å². The summed E-state index contributed by atoms with van der Waals surface area (Å²) in [6.07, 6.45) is 5.70. The molecular formula is C55H43NS. The van der Waals surface area contributed by atoms with Crippen molar-refractivity contribution >= 4 is 48.6 Å². The Morgan fingerprint density at radius 3 is 1.58 bits per heavy atom. The van der Waals surface area contributed by atoms with Gasteiger partial charge >= 0.3 is 0 Å². The molecule has 9 aromatic rings. The molecule has 0 saturated heterocycles. The predicted octanol–water partition coefficient (Wildman–Crippen LogP) is 16.1. The number of benzene rings is 8. The summed E-state index contributed by atoms with van der Waals surface area (Å²) < 4.78 is 2.62. The van der Waals surface area contributed by atoms with Crippen LogP contribution in [-0.2, 0) is 0 Å². The fraction of sp³-hybridized carbons (Fsp3) is 0.127. The Morgan fingerprint density at radius 2 is 0.965 bits per heavy atom. The number of fused-ring (bicyclic) bond motifs is 5. The van der Waals surface area contributed by atoms with Crippen molar-refractivity contribution in [2.24, 2.45) is 11.8 Å². The molecule has 57 heavy (non-hydrogen) atoms. The van der Waals surface area contributed by atoms with Gasteiger partial charge in [-0.05, 0) is 130 Å². The zero-order valence-corrected chi connectivity index (χ0v) is 32.7. The molecule has 274 valence electrons. The number of thiophene rings is 1. The van der Waals surface area contributed by atoms with E-state index in [1.165, 1.54) is 95.9 Å². The summed E-state index contributed by atoms with van der Waals surface area (Å²) in [4.78, 5) is 2.41. The Morgan fingerprint density at radius 1 is 0.404 bits per heavy atom. The van der Waals surface area contributed by atoms with Crippen LogP contribution in [0.3, 0.4) is 0 Å². The molecule has 1 heterocycles. The van der Waals surface area contributed by atoms with Crippen molar-refractivity contribution in [1.82, 2.24) is 0 Å². The van der Waals surface area contributed by atoms with Crippen molar-refractivity contribution in [3.63, 3.8) is 0 Å². The first-order valence-electron chi connectivity index (χ1n) is 20.5. The first-order chi connectivity index (χ1) is 28.2. The van der Waals surface area contributed by atoms with Crippen LogP contribution in [0.25, 0.3) is 64.7 Å². The summed E-state index contributed by atoms with van der Waals surface area (Å²) in [7, 11) is 0. The monoisotopic (exact) mass is 749 g/mol. The molecule has 0 amide bonds. The summed E-state index contributed by atoms with van der Waals surface area (Å²) in [5, 5.41) is 2.63. The molecule has 0 spiro atoms. The highest BCUT2D eigenvalue weighted by Crippen LogP contribution is 2.53. The van der Waals surface area contributed by atoms with Gasteiger partial charge in [-0.3, -0.25) is 0 Å². The lowest BCUT2D eigenvalue weighted by atomic mass is 9.83. The zero-order valence-electron chi connectivity index (χ0n) is 31.9. The van der Waals surface area contributed by atoms with Crippen LogP contribution < -0.4 is 4.90 Å². The molecule has 1 aromatic heterocycles. The average molecular weight is 750 g/mol. The molecule has 2 fully saturated rings. The summed E-state index contributed by atoms with van der Waals surface area (Å²) in [5.74, 6) is 2.62. The Kier molecular flexibility index (Phi) is 8.59. The van der Waals surface area contributed by atoms with Crippen LogP contribution in [0.15, 0.2) is 194 Å². The number of hydrogen-bond donors (Lipinski definition) is 0. The Balaban J connectivity index is 0.989.